The molecule has 73 valence electrons. The van der Waals surface area contributed by atoms with Gasteiger partial charge < -0.3 is 0 Å². The third kappa shape index (κ3) is 22.4. The van der Waals surface area contributed by atoms with Gasteiger partial charge in [-0.25, -0.2) is 0 Å². The zero-order chi connectivity index (χ0) is 11.1. The van der Waals surface area contributed by atoms with E-state index in [-0.39, 0.29) is 17.1 Å². The fraction of sp³-hybridized carbons (Fsp3) is 0.100. The van der Waals surface area contributed by atoms with Crippen LogP contribution in [0.4, 0.5) is 0 Å². The molecule has 14 heavy (non-hydrogen) atoms. The minimum absolute atomic E-state index is 0. The summed E-state index contributed by atoms with van der Waals surface area (Å²) in [5.41, 5.74) is 1.32. The summed E-state index contributed by atoms with van der Waals surface area (Å²) in [6.45, 7) is 15.6. The third-order valence-corrected chi connectivity index (χ3v) is 0.940. The van der Waals surface area contributed by atoms with Gasteiger partial charge in [0.1, 0.15) is 0 Å². The van der Waals surface area contributed by atoms with Crippen LogP contribution in [-0.2, 0) is 31.0 Å². The second kappa shape index (κ2) is 29.7. The van der Waals surface area contributed by atoms with E-state index in [1.54, 1.807) is 0 Å². The first-order chi connectivity index (χ1) is 6.39. The molecule has 1 rings (SSSR count). The zero-order valence-corrected chi connectivity index (χ0v) is 8.67. The average Bonchev–Trinajstić information content (AvgIpc) is 2.28. The molecule has 0 N–H and O–H groups in total. The summed E-state index contributed by atoms with van der Waals surface area (Å²) in [6, 6.07) is 10.3. The van der Waals surface area contributed by atoms with Crippen LogP contribution in [0.5, 0.6) is 0 Å². The van der Waals surface area contributed by atoms with Crippen molar-refractivity contribution in [2.24, 2.45) is 0 Å². The molecule has 0 atom stereocenters. The largest absolute Gasteiger partial charge is 0 e. The van der Waals surface area contributed by atoms with Crippen molar-refractivity contribution < 1.29 is 31.0 Å². The summed E-state index contributed by atoms with van der Waals surface area (Å²) in [4.78, 5) is 0. The molecular formula is C10H8MnO3. The predicted molar refractivity (Wildman–Crippen MR) is 43.0 cm³/mol. The molecule has 0 saturated carbocycles. The van der Waals surface area contributed by atoms with E-state index in [1.165, 1.54) is 5.56 Å². The van der Waals surface area contributed by atoms with Crippen LogP contribution < -0.4 is 0 Å². The SMILES string of the molecule is Cc1ccccc1.[C-]#[O+].[C-]#[O+].[C-]#[O+].[Mn]. The minimum atomic E-state index is 0. The van der Waals surface area contributed by atoms with Crippen LogP contribution in [0, 0.1) is 26.9 Å². The monoisotopic (exact) mass is 231 g/mol. The van der Waals surface area contributed by atoms with Gasteiger partial charge in [-0.05, 0) is 6.92 Å². The zero-order valence-electron chi connectivity index (χ0n) is 7.49. The van der Waals surface area contributed by atoms with E-state index < -0.39 is 0 Å². The van der Waals surface area contributed by atoms with E-state index >= 15 is 0 Å². The van der Waals surface area contributed by atoms with Gasteiger partial charge in [0.25, 0.3) is 0 Å². The molecule has 0 unspecified atom stereocenters. The van der Waals surface area contributed by atoms with Gasteiger partial charge in [0, 0.05) is 17.1 Å². The maximum Gasteiger partial charge on any atom is 0 e. The summed E-state index contributed by atoms with van der Waals surface area (Å²) in [5.74, 6) is 0. The van der Waals surface area contributed by atoms with Gasteiger partial charge in [-0.15, -0.1) is 0 Å². The van der Waals surface area contributed by atoms with Crippen LogP contribution >= 0.6 is 0 Å². The van der Waals surface area contributed by atoms with Gasteiger partial charge in [0.15, 0.2) is 0 Å². The Bertz CT molecular complexity index is 224. The van der Waals surface area contributed by atoms with Gasteiger partial charge in [0.05, 0.1) is 0 Å². The minimum Gasteiger partial charge on any atom is 0 e. The number of rotatable bonds is 0. The Labute approximate surface area is 94.1 Å². The summed E-state index contributed by atoms with van der Waals surface area (Å²) in [6.07, 6.45) is 0. The fourth-order valence-electron chi connectivity index (χ4n) is 0.534. The number of hydrogen-bond donors (Lipinski definition) is 0. The maximum atomic E-state index is 7.50. The first kappa shape index (κ1) is 23.1. The first-order valence-corrected chi connectivity index (χ1v) is 3.02. The Hall–Kier alpha value is -1.04. The van der Waals surface area contributed by atoms with Gasteiger partial charge in [-0.2, -0.15) is 0 Å². The Morgan fingerprint density at radius 2 is 1.07 bits per heavy atom. The van der Waals surface area contributed by atoms with Gasteiger partial charge >= 0.3 is 33.9 Å². The van der Waals surface area contributed by atoms with Crippen LogP contribution in [0.3, 0.4) is 0 Å². The normalized spacial score (nSPS) is 4.79. The standard InChI is InChI=1S/C7H8.3CO.Mn/c1-7-5-3-2-4-6-7;3*1-2;/h2-6H,1H3;;;;. The molecule has 4 heteroatoms. The average molecular weight is 231 g/mol. The summed E-state index contributed by atoms with van der Waals surface area (Å²) in [7, 11) is 0. The number of benzene rings is 1. The molecule has 0 saturated heterocycles. The van der Waals surface area contributed by atoms with E-state index in [9.17, 15) is 0 Å². The van der Waals surface area contributed by atoms with Gasteiger partial charge in [0.2, 0.25) is 0 Å². The topological polar surface area (TPSA) is 59.7 Å². The second-order valence-corrected chi connectivity index (χ2v) is 1.65. The van der Waals surface area contributed by atoms with E-state index in [1.807, 2.05) is 18.2 Å². The molecule has 0 aliphatic heterocycles. The Morgan fingerprint density at radius 3 is 1.21 bits per heavy atom. The van der Waals surface area contributed by atoms with E-state index in [0.717, 1.165) is 0 Å². The molecule has 0 bridgehead atoms. The molecule has 0 heterocycles. The van der Waals surface area contributed by atoms with Crippen LogP contribution in [0.15, 0.2) is 30.3 Å². The van der Waals surface area contributed by atoms with Crippen LogP contribution in [-0.4, -0.2) is 0 Å². The molecule has 0 spiro atoms. The van der Waals surface area contributed by atoms with Crippen molar-refractivity contribution in [3.63, 3.8) is 0 Å². The van der Waals surface area contributed by atoms with Crippen LogP contribution in [0.25, 0.3) is 0 Å². The van der Waals surface area contributed by atoms with E-state index in [2.05, 4.69) is 39.0 Å². The molecule has 1 aromatic carbocycles. The predicted octanol–water partition coefficient (Wildman–Crippen LogP) is 1.88. The number of hydrogen-bond acceptors (Lipinski definition) is 0. The van der Waals surface area contributed by atoms with Gasteiger partial charge in [-0.3, -0.25) is 0 Å². The summed E-state index contributed by atoms with van der Waals surface area (Å²) < 4.78 is 22.5. The summed E-state index contributed by atoms with van der Waals surface area (Å²) >= 11 is 0. The van der Waals surface area contributed by atoms with E-state index in [4.69, 9.17) is 14.0 Å². The van der Waals surface area contributed by atoms with Crippen molar-refractivity contribution in [1.29, 1.82) is 0 Å². The quantitative estimate of drug-likeness (QED) is 0.372. The molecule has 1 radical (unpaired) electrons. The Balaban J connectivity index is -0.0000000625. The molecule has 1 aromatic rings. The first-order valence-electron chi connectivity index (χ1n) is 3.02. The maximum absolute atomic E-state index is 7.50. The van der Waals surface area contributed by atoms with Crippen molar-refractivity contribution in [1.82, 2.24) is 0 Å². The Kier molecular flexibility index (Phi) is 48.9. The Morgan fingerprint density at radius 1 is 0.786 bits per heavy atom. The smallest absolute Gasteiger partial charge is 0 e. The molecule has 0 fully saturated rings. The second-order valence-electron chi connectivity index (χ2n) is 1.65. The van der Waals surface area contributed by atoms with E-state index in [0.29, 0.717) is 0 Å². The third-order valence-electron chi connectivity index (χ3n) is 0.940. The molecule has 0 aliphatic rings. The number of aryl methyl sites for hydroxylation is 1. The molecule has 0 aliphatic carbocycles. The molecular weight excluding hydrogens is 223 g/mol. The van der Waals surface area contributed by atoms with Crippen molar-refractivity contribution in [2.75, 3.05) is 0 Å². The van der Waals surface area contributed by atoms with Crippen molar-refractivity contribution in [3.05, 3.63) is 55.8 Å². The molecule has 3 nitrogen and oxygen atoms in total. The van der Waals surface area contributed by atoms with Crippen LogP contribution in [0.1, 0.15) is 5.56 Å². The van der Waals surface area contributed by atoms with Crippen molar-refractivity contribution in [2.45, 2.75) is 6.92 Å². The fourth-order valence-corrected chi connectivity index (χ4v) is 0.534. The molecule has 0 aromatic heterocycles. The van der Waals surface area contributed by atoms with Crippen molar-refractivity contribution >= 4 is 0 Å². The van der Waals surface area contributed by atoms with Gasteiger partial charge in [-0.1, -0.05) is 35.9 Å². The molecule has 0 amide bonds. The van der Waals surface area contributed by atoms with Crippen molar-refractivity contribution in [3.8, 4) is 0 Å². The van der Waals surface area contributed by atoms with Crippen LogP contribution in [0.2, 0.25) is 0 Å². The summed E-state index contributed by atoms with van der Waals surface area (Å²) in [5, 5.41) is 0.